The molecule has 3 aromatic rings. The number of thiophene rings is 1. The largest absolute Gasteiger partial charge is 0.385 e. The number of urea groups is 1. The molecule has 2 aliphatic heterocycles. The molecule has 0 saturated carbocycles. The van der Waals surface area contributed by atoms with Gasteiger partial charge in [-0.3, -0.25) is 14.6 Å². The maximum absolute atomic E-state index is 13.9. The number of fused-ring (bicyclic) bond motifs is 1. The lowest BCUT2D eigenvalue weighted by molar-refractivity contribution is -0.136. The van der Waals surface area contributed by atoms with Crippen molar-refractivity contribution in [3.05, 3.63) is 69.9 Å². The zero-order chi connectivity index (χ0) is 24.4. The van der Waals surface area contributed by atoms with Crippen molar-refractivity contribution in [2.24, 2.45) is 0 Å². The van der Waals surface area contributed by atoms with E-state index in [4.69, 9.17) is 4.74 Å². The van der Waals surface area contributed by atoms with E-state index in [1.54, 1.807) is 18.4 Å². The molecule has 0 unspecified atom stereocenters. The van der Waals surface area contributed by atoms with Crippen molar-refractivity contribution >= 4 is 34.0 Å². The Labute approximate surface area is 211 Å². The van der Waals surface area contributed by atoms with Gasteiger partial charge in [0.05, 0.1) is 6.54 Å². The van der Waals surface area contributed by atoms with Crippen molar-refractivity contribution < 1.29 is 14.3 Å². The van der Waals surface area contributed by atoms with Crippen LogP contribution in [0.5, 0.6) is 0 Å². The molecule has 0 bridgehead atoms. The third-order valence-electron chi connectivity index (χ3n) is 7.53. The van der Waals surface area contributed by atoms with Gasteiger partial charge in [-0.05, 0) is 65.6 Å². The number of nitrogens with zero attached hydrogens (tertiary/aromatic N) is 3. The SMILES string of the molecule is COCCCN1C(=O)N(Cc2ccc3ccccc3c2)C(=O)C12CCN(Cc1sccc1C)CC2. The van der Waals surface area contributed by atoms with Gasteiger partial charge in [-0.2, -0.15) is 0 Å². The highest BCUT2D eigenvalue weighted by Gasteiger charge is 2.57. The van der Waals surface area contributed by atoms with Gasteiger partial charge < -0.3 is 9.64 Å². The van der Waals surface area contributed by atoms with Crippen molar-refractivity contribution in [2.75, 3.05) is 33.4 Å². The number of benzene rings is 2. The van der Waals surface area contributed by atoms with Crippen LogP contribution < -0.4 is 0 Å². The van der Waals surface area contributed by atoms with E-state index in [1.807, 2.05) is 23.1 Å². The zero-order valence-electron chi connectivity index (χ0n) is 20.5. The quantitative estimate of drug-likeness (QED) is 0.327. The molecule has 184 valence electrons. The second kappa shape index (κ2) is 10.1. The van der Waals surface area contributed by atoms with Gasteiger partial charge in [0, 0.05) is 44.8 Å². The summed E-state index contributed by atoms with van der Waals surface area (Å²) in [6.07, 6.45) is 2.06. The molecule has 2 aliphatic rings. The summed E-state index contributed by atoms with van der Waals surface area (Å²) < 4.78 is 5.25. The molecule has 7 heteroatoms. The predicted molar refractivity (Wildman–Crippen MR) is 139 cm³/mol. The summed E-state index contributed by atoms with van der Waals surface area (Å²) >= 11 is 1.79. The van der Waals surface area contributed by atoms with Crippen LogP contribution in [0.15, 0.2) is 53.9 Å². The van der Waals surface area contributed by atoms with E-state index in [-0.39, 0.29) is 11.9 Å². The van der Waals surface area contributed by atoms with Gasteiger partial charge in [0.25, 0.3) is 5.91 Å². The number of imide groups is 1. The van der Waals surface area contributed by atoms with E-state index in [0.717, 1.165) is 42.4 Å². The van der Waals surface area contributed by atoms with Crippen LogP contribution in [-0.4, -0.2) is 65.5 Å². The topological polar surface area (TPSA) is 53.1 Å². The Balaban J connectivity index is 1.35. The Bertz CT molecular complexity index is 1210. The summed E-state index contributed by atoms with van der Waals surface area (Å²) in [5.41, 5.74) is 1.55. The number of likely N-dealkylation sites (tertiary alicyclic amines) is 1. The third-order valence-corrected chi connectivity index (χ3v) is 8.53. The van der Waals surface area contributed by atoms with Crippen LogP contribution in [0.1, 0.15) is 35.3 Å². The van der Waals surface area contributed by atoms with E-state index >= 15 is 0 Å². The lowest BCUT2D eigenvalue weighted by atomic mass is 9.85. The predicted octanol–water partition coefficient (Wildman–Crippen LogP) is 5.05. The van der Waals surface area contributed by atoms with Crippen molar-refractivity contribution in [3.63, 3.8) is 0 Å². The number of hydrogen-bond donors (Lipinski definition) is 0. The summed E-state index contributed by atoms with van der Waals surface area (Å²) in [4.78, 5) is 34.6. The van der Waals surface area contributed by atoms with Crippen LogP contribution >= 0.6 is 11.3 Å². The van der Waals surface area contributed by atoms with Gasteiger partial charge in [-0.15, -0.1) is 11.3 Å². The highest BCUT2D eigenvalue weighted by atomic mass is 32.1. The number of amides is 3. The standard InChI is InChI=1S/C28H33N3O3S/c1-21-10-17-35-25(21)20-29-14-11-28(12-15-29)26(32)30(27(33)31(28)13-5-16-34-2)19-22-8-9-23-6-3-4-7-24(23)18-22/h3-4,6-10,17-18H,5,11-16,19-20H2,1-2H3. The average molecular weight is 492 g/mol. The van der Waals surface area contributed by atoms with Crippen molar-refractivity contribution in [2.45, 2.75) is 44.8 Å². The summed E-state index contributed by atoms with van der Waals surface area (Å²) in [5.74, 6) is -0.0416. The monoisotopic (exact) mass is 491 g/mol. The number of carbonyl (C=O) groups excluding carboxylic acids is 2. The molecule has 1 aromatic heterocycles. The third kappa shape index (κ3) is 4.60. The van der Waals surface area contributed by atoms with Crippen LogP contribution in [0.3, 0.4) is 0 Å². The Kier molecular flexibility index (Phi) is 6.91. The Morgan fingerprint density at radius 1 is 1.00 bits per heavy atom. The first-order chi connectivity index (χ1) is 17.0. The molecule has 1 spiro atoms. The fourth-order valence-electron chi connectivity index (χ4n) is 5.45. The van der Waals surface area contributed by atoms with Crippen LogP contribution in [0.25, 0.3) is 10.8 Å². The number of aryl methyl sites for hydroxylation is 1. The number of methoxy groups -OCH3 is 1. The molecule has 0 atom stereocenters. The Hall–Kier alpha value is -2.74. The number of hydrogen-bond acceptors (Lipinski definition) is 5. The van der Waals surface area contributed by atoms with Crippen molar-refractivity contribution in [1.82, 2.24) is 14.7 Å². The minimum absolute atomic E-state index is 0.0416. The van der Waals surface area contributed by atoms with E-state index in [2.05, 4.69) is 47.5 Å². The molecule has 3 amide bonds. The summed E-state index contributed by atoms with van der Waals surface area (Å²) in [5, 5.41) is 4.41. The lowest BCUT2D eigenvalue weighted by Crippen LogP contribution is -2.56. The van der Waals surface area contributed by atoms with Crippen LogP contribution in [0, 0.1) is 6.92 Å². The zero-order valence-corrected chi connectivity index (χ0v) is 21.4. The summed E-state index contributed by atoms with van der Waals surface area (Å²) in [7, 11) is 1.67. The molecule has 2 fully saturated rings. The highest BCUT2D eigenvalue weighted by Crippen LogP contribution is 2.39. The number of rotatable bonds is 8. The summed E-state index contributed by atoms with van der Waals surface area (Å²) in [6, 6.07) is 16.3. The molecule has 0 aliphatic carbocycles. The normalized spacial score (nSPS) is 18.3. The second-order valence-corrected chi connectivity index (χ2v) is 10.7. The van der Waals surface area contributed by atoms with Gasteiger partial charge in [0.1, 0.15) is 5.54 Å². The molecule has 3 heterocycles. The van der Waals surface area contributed by atoms with Crippen LogP contribution in [0.2, 0.25) is 0 Å². The van der Waals surface area contributed by atoms with Gasteiger partial charge >= 0.3 is 6.03 Å². The molecular weight excluding hydrogens is 458 g/mol. The fraction of sp³-hybridized carbons (Fsp3) is 0.429. The number of piperidine rings is 1. The molecule has 2 saturated heterocycles. The number of ether oxygens (including phenoxy) is 1. The first-order valence-corrected chi connectivity index (χ1v) is 13.3. The van der Waals surface area contributed by atoms with Crippen molar-refractivity contribution in [1.29, 1.82) is 0 Å². The molecule has 0 N–H and O–H groups in total. The molecule has 35 heavy (non-hydrogen) atoms. The van der Waals surface area contributed by atoms with E-state index in [0.29, 0.717) is 32.5 Å². The maximum atomic E-state index is 13.9. The van der Waals surface area contributed by atoms with Crippen LogP contribution in [0.4, 0.5) is 4.79 Å². The van der Waals surface area contributed by atoms with Gasteiger partial charge in [-0.25, -0.2) is 4.79 Å². The average Bonchev–Trinajstić information content (AvgIpc) is 3.36. The molecule has 5 rings (SSSR count). The minimum atomic E-state index is -0.747. The first-order valence-electron chi connectivity index (χ1n) is 12.4. The minimum Gasteiger partial charge on any atom is -0.385 e. The Morgan fingerprint density at radius 2 is 1.77 bits per heavy atom. The molecule has 2 aromatic carbocycles. The van der Waals surface area contributed by atoms with Crippen molar-refractivity contribution in [3.8, 4) is 0 Å². The fourth-order valence-corrected chi connectivity index (χ4v) is 6.40. The Morgan fingerprint density at radius 3 is 2.49 bits per heavy atom. The smallest absolute Gasteiger partial charge is 0.327 e. The number of carbonyl (C=O) groups is 2. The van der Waals surface area contributed by atoms with E-state index in [9.17, 15) is 9.59 Å². The van der Waals surface area contributed by atoms with Gasteiger partial charge in [-0.1, -0.05) is 36.4 Å². The van der Waals surface area contributed by atoms with E-state index < -0.39 is 5.54 Å². The lowest BCUT2D eigenvalue weighted by Gasteiger charge is -2.42. The maximum Gasteiger partial charge on any atom is 0.327 e. The van der Waals surface area contributed by atoms with E-state index in [1.165, 1.54) is 15.3 Å². The summed E-state index contributed by atoms with van der Waals surface area (Å²) in [6.45, 7) is 6.09. The van der Waals surface area contributed by atoms with Crippen LogP contribution in [-0.2, 0) is 22.6 Å². The van der Waals surface area contributed by atoms with Gasteiger partial charge in [0.15, 0.2) is 0 Å². The van der Waals surface area contributed by atoms with Gasteiger partial charge in [0.2, 0.25) is 0 Å². The first kappa shape index (κ1) is 24.0. The highest BCUT2D eigenvalue weighted by molar-refractivity contribution is 7.10. The second-order valence-electron chi connectivity index (χ2n) is 9.69. The molecule has 6 nitrogen and oxygen atoms in total. The molecular formula is C28H33N3O3S. The molecule has 0 radical (unpaired) electrons.